The van der Waals surface area contributed by atoms with Crippen molar-refractivity contribution in [2.45, 2.75) is 31.2 Å². The minimum Gasteiger partial charge on any atom is -0.359 e. The molecular weight excluding hydrogens is 323 g/mol. The van der Waals surface area contributed by atoms with E-state index in [0.717, 1.165) is 17.0 Å². The number of anilines is 1. The molecule has 1 aromatic carbocycles. The number of rotatable bonds is 1. The van der Waals surface area contributed by atoms with E-state index in [-0.39, 0.29) is 5.69 Å². The van der Waals surface area contributed by atoms with Crippen LogP contribution >= 0.6 is 0 Å². The van der Waals surface area contributed by atoms with Gasteiger partial charge in [0.05, 0.1) is 34.3 Å². The van der Waals surface area contributed by atoms with Gasteiger partial charge in [0.2, 0.25) is 11.8 Å². The van der Waals surface area contributed by atoms with Crippen molar-refractivity contribution in [3.05, 3.63) is 42.0 Å². The predicted octanol–water partition coefficient (Wildman–Crippen LogP) is 2.93. The largest absolute Gasteiger partial charge is 0.416 e. The number of imide groups is 1. The molecule has 0 aliphatic carbocycles. The van der Waals surface area contributed by atoms with Crippen molar-refractivity contribution in [3.63, 3.8) is 0 Å². The first-order valence-corrected chi connectivity index (χ1v) is 7.52. The predicted molar refractivity (Wildman–Crippen MR) is 78.0 cm³/mol. The third-order valence-electron chi connectivity index (χ3n) is 5.16. The number of carbonyl (C=O) groups excluding carboxylic acids is 2. The second kappa shape index (κ2) is 4.27. The van der Waals surface area contributed by atoms with E-state index in [1.807, 2.05) is 0 Å². The van der Waals surface area contributed by atoms with Crippen molar-refractivity contribution >= 4 is 17.5 Å². The van der Waals surface area contributed by atoms with Crippen molar-refractivity contribution in [2.24, 2.45) is 11.8 Å². The third kappa shape index (κ3) is 1.79. The molecule has 2 bridgehead atoms. The van der Waals surface area contributed by atoms with Crippen LogP contribution in [0.1, 0.15) is 19.4 Å². The molecule has 0 spiro atoms. The SMILES string of the molecule is CC12C=C[C@](C)(O1)[C@H]1C(=O)N(c3cccc(C(F)(F)F)c3)C(=O)[C@H]12. The number of amides is 2. The highest BCUT2D eigenvalue weighted by Crippen LogP contribution is 2.57. The molecule has 2 amide bonds. The number of ether oxygens (including phenoxy) is 1. The molecule has 3 aliphatic rings. The second-order valence-corrected chi connectivity index (χ2v) is 6.82. The van der Waals surface area contributed by atoms with Crippen LogP contribution in [0.3, 0.4) is 0 Å². The van der Waals surface area contributed by atoms with E-state index in [0.29, 0.717) is 0 Å². The van der Waals surface area contributed by atoms with Gasteiger partial charge in [0, 0.05) is 0 Å². The smallest absolute Gasteiger partial charge is 0.359 e. The molecule has 0 saturated carbocycles. The van der Waals surface area contributed by atoms with Gasteiger partial charge in [-0.1, -0.05) is 18.2 Å². The maximum Gasteiger partial charge on any atom is 0.416 e. The highest BCUT2D eigenvalue weighted by Gasteiger charge is 2.70. The Hall–Kier alpha value is -2.15. The Bertz CT molecular complexity index is 767. The first-order valence-electron chi connectivity index (χ1n) is 7.52. The number of halogens is 3. The summed E-state index contributed by atoms with van der Waals surface area (Å²) in [6.45, 7) is 3.44. The maximum absolute atomic E-state index is 12.9. The van der Waals surface area contributed by atoms with Gasteiger partial charge in [-0.05, 0) is 32.0 Å². The number of carbonyl (C=O) groups is 2. The number of hydrogen-bond donors (Lipinski definition) is 0. The molecule has 24 heavy (non-hydrogen) atoms. The van der Waals surface area contributed by atoms with Gasteiger partial charge in [-0.15, -0.1) is 0 Å². The van der Waals surface area contributed by atoms with Crippen molar-refractivity contribution < 1.29 is 27.5 Å². The van der Waals surface area contributed by atoms with Crippen LogP contribution in [0.25, 0.3) is 0 Å². The molecule has 1 aromatic rings. The molecule has 126 valence electrons. The van der Waals surface area contributed by atoms with Gasteiger partial charge in [-0.25, -0.2) is 4.90 Å². The summed E-state index contributed by atoms with van der Waals surface area (Å²) in [6.07, 6.45) is -1.02. The molecular formula is C17H14F3NO3. The Morgan fingerprint density at radius 1 is 1.04 bits per heavy atom. The fourth-order valence-electron chi connectivity index (χ4n) is 4.11. The Balaban J connectivity index is 1.78. The fraction of sp³-hybridized carbons (Fsp3) is 0.412. The Labute approximate surface area is 135 Å². The zero-order valence-electron chi connectivity index (χ0n) is 12.9. The van der Waals surface area contributed by atoms with E-state index in [2.05, 4.69) is 0 Å². The standard InChI is InChI=1S/C17H14F3NO3/c1-15-6-7-16(2,24-15)12-11(15)13(22)21(14(12)23)10-5-3-4-9(8-10)17(18,19)20/h3-8,11-12H,1-2H3/t11-,12+,15+,16?/m1/s1. The van der Waals surface area contributed by atoms with Crippen molar-refractivity contribution in [1.82, 2.24) is 0 Å². The number of hydrogen-bond acceptors (Lipinski definition) is 3. The van der Waals surface area contributed by atoms with E-state index in [1.165, 1.54) is 12.1 Å². The van der Waals surface area contributed by atoms with Crippen molar-refractivity contribution in [3.8, 4) is 0 Å². The number of benzene rings is 1. The van der Waals surface area contributed by atoms with Gasteiger partial charge in [0.25, 0.3) is 0 Å². The summed E-state index contributed by atoms with van der Waals surface area (Å²) in [7, 11) is 0. The molecule has 3 heterocycles. The van der Waals surface area contributed by atoms with Gasteiger partial charge in [-0.3, -0.25) is 9.59 Å². The van der Waals surface area contributed by atoms with Crippen LogP contribution in [0.5, 0.6) is 0 Å². The van der Waals surface area contributed by atoms with Crippen LogP contribution in [0.2, 0.25) is 0 Å². The second-order valence-electron chi connectivity index (χ2n) is 6.82. The van der Waals surface area contributed by atoms with Crippen LogP contribution < -0.4 is 4.90 Å². The van der Waals surface area contributed by atoms with Gasteiger partial charge >= 0.3 is 6.18 Å². The van der Waals surface area contributed by atoms with Gasteiger partial charge < -0.3 is 4.74 Å². The summed E-state index contributed by atoms with van der Waals surface area (Å²) in [6, 6.07) is 4.27. The summed E-state index contributed by atoms with van der Waals surface area (Å²) >= 11 is 0. The lowest BCUT2D eigenvalue weighted by Gasteiger charge is -2.25. The van der Waals surface area contributed by atoms with Gasteiger partial charge in [0.15, 0.2) is 0 Å². The molecule has 2 saturated heterocycles. The minimum atomic E-state index is -4.54. The van der Waals surface area contributed by atoms with E-state index in [4.69, 9.17) is 4.74 Å². The lowest BCUT2D eigenvalue weighted by molar-refractivity contribution is -0.138. The monoisotopic (exact) mass is 337 g/mol. The lowest BCUT2D eigenvalue weighted by Crippen LogP contribution is -2.39. The normalized spacial score (nSPS) is 37.5. The summed E-state index contributed by atoms with van der Waals surface area (Å²) in [4.78, 5) is 26.5. The molecule has 3 aliphatic heterocycles. The van der Waals surface area contributed by atoms with Crippen molar-refractivity contribution in [2.75, 3.05) is 4.90 Å². The molecule has 7 heteroatoms. The average Bonchev–Trinajstić information content (AvgIpc) is 3.03. The first kappa shape index (κ1) is 15.4. The fourth-order valence-corrected chi connectivity index (χ4v) is 4.11. The molecule has 1 unspecified atom stereocenters. The minimum absolute atomic E-state index is 0.0548. The Morgan fingerprint density at radius 2 is 1.58 bits per heavy atom. The zero-order valence-corrected chi connectivity index (χ0v) is 12.9. The molecule has 4 atom stereocenters. The molecule has 0 aromatic heterocycles. The number of alkyl halides is 3. The first-order chi connectivity index (χ1) is 11.1. The van der Waals surface area contributed by atoms with Crippen LogP contribution in [0, 0.1) is 11.8 Å². The topological polar surface area (TPSA) is 46.6 Å². The van der Waals surface area contributed by atoms with Crippen LogP contribution in [-0.4, -0.2) is 23.0 Å². The highest BCUT2D eigenvalue weighted by atomic mass is 19.4. The summed E-state index contributed by atoms with van der Waals surface area (Å²) in [5.74, 6) is -2.45. The quantitative estimate of drug-likeness (QED) is 0.585. The van der Waals surface area contributed by atoms with Gasteiger partial charge in [-0.2, -0.15) is 13.2 Å². The number of nitrogens with zero attached hydrogens (tertiary/aromatic N) is 1. The van der Waals surface area contributed by atoms with Crippen LogP contribution in [0.15, 0.2) is 36.4 Å². The number of fused-ring (bicyclic) bond motifs is 5. The van der Waals surface area contributed by atoms with Crippen LogP contribution in [-0.2, 0) is 20.5 Å². The van der Waals surface area contributed by atoms with Crippen molar-refractivity contribution in [1.29, 1.82) is 0 Å². The molecule has 0 N–H and O–H groups in total. The molecule has 2 fully saturated rings. The van der Waals surface area contributed by atoms with E-state index in [1.54, 1.807) is 26.0 Å². The van der Waals surface area contributed by atoms with E-state index >= 15 is 0 Å². The summed E-state index contributed by atoms with van der Waals surface area (Å²) in [5, 5.41) is 0. The summed E-state index contributed by atoms with van der Waals surface area (Å²) < 4.78 is 44.6. The average molecular weight is 337 g/mol. The Morgan fingerprint density at radius 3 is 2.08 bits per heavy atom. The molecule has 4 nitrogen and oxygen atoms in total. The van der Waals surface area contributed by atoms with Crippen LogP contribution in [0.4, 0.5) is 18.9 Å². The summed E-state index contributed by atoms with van der Waals surface area (Å²) in [5.41, 5.74) is -2.75. The highest BCUT2D eigenvalue weighted by molar-refractivity contribution is 6.23. The molecule has 0 radical (unpaired) electrons. The lowest BCUT2D eigenvalue weighted by atomic mass is 9.73. The van der Waals surface area contributed by atoms with E-state index in [9.17, 15) is 22.8 Å². The molecule has 4 rings (SSSR count). The van der Waals surface area contributed by atoms with Gasteiger partial charge in [0.1, 0.15) is 0 Å². The zero-order chi connectivity index (χ0) is 17.5. The Kier molecular flexibility index (Phi) is 2.74. The van der Waals surface area contributed by atoms with E-state index < -0.39 is 46.6 Å². The maximum atomic E-state index is 12.9. The third-order valence-corrected chi connectivity index (χ3v) is 5.16.